The summed E-state index contributed by atoms with van der Waals surface area (Å²) in [5.41, 5.74) is 9.83. The Hall–Kier alpha value is -1.94. The number of thioether (sulfide) groups is 1. The first-order chi connectivity index (χ1) is 9.70. The van der Waals surface area contributed by atoms with Crippen LogP contribution in [0.4, 0.5) is 5.69 Å². The first-order valence-electron chi connectivity index (χ1n) is 6.64. The number of nitrogens with two attached hydrogens (primary N) is 1. The van der Waals surface area contributed by atoms with Gasteiger partial charge in [-0.25, -0.2) is 4.98 Å². The van der Waals surface area contributed by atoms with Crippen molar-refractivity contribution in [1.29, 1.82) is 0 Å². The van der Waals surface area contributed by atoms with E-state index < -0.39 is 0 Å². The second kappa shape index (κ2) is 5.59. The summed E-state index contributed by atoms with van der Waals surface area (Å²) in [7, 11) is 0. The fourth-order valence-corrected chi connectivity index (χ4v) is 3.14. The molecule has 0 aliphatic rings. The highest BCUT2D eigenvalue weighted by Gasteiger charge is 2.03. The average molecular weight is 283 g/mol. The van der Waals surface area contributed by atoms with Gasteiger partial charge in [0.1, 0.15) is 5.82 Å². The van der Waals surface area contributed by atoms with Crippen molar-refractivity contribution in [3.05, 3.63) is 53.9 Å². The Bertz CT molecular complexity index is 733. The Labute approximate surface area is 122 Å². The molecule has 0 radical (unpaired) electrons. The maximum absolute atomic E-state index is 5.77. The Morgan fingerprint density at radius 3 is 2.95 bits per heavy atom. The van der Waals surface area contributed by atoms with Crippen molar-refractivity contribution < 1.29 is 0 Å². The lowest BCUT2D eigenvalue weighted by Gasteiger charge is -2.01. The van der Waals surface area contributed by atoms with Crippen LogP contribution in [0.25, 0.3) is 11.0 Å². The van der Waals surface area contributed by atoms with E-state index in [-0.39, 0.29) is 0 Å². The summed E-state index contributed by atoms with van der Waals surface area (Å²) in [6.07, 6.45) is 0.924. The Balaban J connectivity index is 1.65. The Kier molecular flexibility index (Phi) is 3.65. The van der Waals surface area contributed by atoms with Gasteiger partial charge in [-0.15, -0.1) is 11.8 Å². The number of nitrogens with one attached hydrogen (secondary N) is 1. The van der Waals surface area contributed by atoms with Gasteiger partial charge in [0, 0.05) is 22.8 Å². The van der Waals surface area contributed by atoms with Crippen LogP contribution in [0.2, 0.25) is 0 Å². The van der Waals surface area contributed by atoms with Gasteiger partial charge in [-0.2, -0.15) is 0 Å². The predicted molar refractivity (Wildman–Crippen MR) is 86.1 cm³/mol. The molecule has 0 saturated heterocycles. The number of aryl methyl sites for hydroxylation is 2. The third kappa shape index (κ3) is 2.96. The molecule has 102 valence electrons. The van der Waals surface area contributed by atoms with Crippen LogP contribution in [-0.2, 0) is 6.42 Å². The SMILES string of the molecule is Cc1cccc(SCCc2nc3ccc(N)cc3[nH]2)c1. The van der Waals surface area contributed by atoms with Crippen LogP contribution >= 0.6 is 11.8 Å². The van der Waals surface area contributed by atoms with Crippen LogP contribution < -0.4 is 5.73 Å². The molecular weight excluding hydrogens is 266 g/mol. The van der Waals surface area contributed by atoms with Gasteiger partial charge in [-0.3, -0.25) is 0 Å². The monoisotopic (exact) mass is 283 g/mol. The zero-order valence-corrected chi connectivity index (χ0v) is 12.2. The smallest absolute Gasteiger partial charge is 0.108 e. The maximum Gasteiger partial charge on any atom is 0.108 e. The number of hydrogen-bond donors (Lipinski definition) is 2. The van der Waals surface area contributed by atoms with E-state index in [1.165, 1.54) is 10.5 Å². The van der Waals surface area contributed by atoms with Crippen LogP contribution in [0.3, 0.4) is 0 Å². The molecule has 20 heavy (non-hydrogen) atoms. The normalized spacial score (nSPS) is 11.1. The summed E-state index contributed by atoms with van der Waals surface area (Å²) in [4.78, 5) is 9.22. The zero-order chi connectivity index (χ0) is 13.9. The molecule has 0 aliphatic heterocycles. The predicted octanol–water partition coefficient (Wildman–Crippen LogP) is 3.79. The van der Waals surface area contributed by atoms with Gasteiger partial charge in [-0.05, 0) is 37.3 Å². The number of hydrogen-bond acceptors (Lipinski definition) is 3. The minimum Gasteiger partial charge on any atom is -0.399 e. The van der Waals surface area contributed by atoms with Gasteiger partial charge < -0.3 is 10.7 Å². The molecule has 0 fully saturated rings. The highest BCUT2D eigenvalue weighted by Crippen LogP contribution is 2.21. The molecule has 0 amide bonds. The van der Waals surface area contributed by atoms with E-state index in [0.717, 1.165) is 34.7 Å². The molecule has 0 spiro atoms. The molecule has 0 aliphatic carbocycles. The lowest BCUT2D eigenvalue weighted by molar-refractivity contribution is 1.01. The van der Waals surface area contributed by atoms with Crippen molar-refractivity contribution in [2.24, 2.45) is 0 Å². The molecule has 4 heteroatoms. The summed E-state index contributed by atoms with van der Waals surface area (Å²) in [6, 6.07) is 14.3. The number of anilines is 1. The average Bonchev–Trinajstić information content (AvgIpc) is 2.80. The first-order valence-corrected chi connectivity index (χ1v) is 7.63. The zero-order valence-electron chi connectivity index (χ0n) is 11.4. The number of aromatic nitrogens is 2. The molecule has 3 nitrogen and oxygen atoms in total. The van der Waals surface area contributed by atoms with Crippen molar-refractivity contribution >= 4 is 28.5 Å². The highest BCUT2D eigenvalue weighted by molar-refractivity contribution is 7.99. The van der Waals surface area contributed by atoms with Gasteiger partial charge in [0.2, 0.25) is 0 Å². The largest absolute Gasteiger partial charge is 0.399 e. The van der Waals surface area contributed by atoms with E-state index in [1.807, 2.05) is 30.0 Å². The fourth-order valence-electron chi connectivity index (χ4n) is 2.17. The summed E-state index contributed by atoms with van der Waals surface area (Å²) in [5.74, 6) is 2.03. The number of benzene rings is 2. The molecule has 0 unspecified atom stereocenters. The van der Waals surface area contributed by atoms with Crippen molar-refractivity contribution in [3.8, 4) is 0 Å². The van der Waals surface area contributed by atoms with Crippen molar-refractivity contribution in [2.75, 3.05) is 11.5 Å². The minimum absolute atomic E-state index is 0.766. The Morgan fingerprint density at radius 2 is 2.10 bits per heavy atom. The van der Waals surface area contributed by atoms with Gasteiger partial charge in [0.05, 0.1) is 11.0 Å². The summed E-state index contributed by atoms with van der Waals surface area (Å²) in [5, 5.41) is 0. The number of fused-ring (bicyclic) bond motifs is 1. The van der Waals surface area contributed by atoms with E-state index in [4.69, 9.17) is 5.73 Å². The molecule has 2 aromatic carbocycles. The first kappa shape index (κ1) is 13.1. The molecule has 0 bridgehead atoms. The van der Waals surface area contributed by atoms with Crippen LogP contribution in [-0.4, -0.2) is 15.7 Å². The minimum atomic E-state index is 0.766. The van der Waals surface area contributed by atoms with Crippen molar-refractivity contribution in [2.45, 2.75) is 18.2 Å². The fraction of sp³-hybridized carbons (Fsp3) is 0.188. The van der Waals surface area contributed by atoms with Crippen LogP contribution in [0.1, 0.15) is 11.4 Å². The lowest BCUT2D eigenvalue weighted by Crippen LogP contribution is -1.91. The van der Waals surface area contributed by atoms with Gasteiger partial charge >= 0.3 is 0 Å². The summed E-state index contributed by atoms with van der Waals surface area (Å²) in [6.45, 7) is 2.12. The second-order valence-corrected chi connectivity index (χ2v) is 6.04. The number of H-pyrrole nitrogens is 1. The van der Waals surface area contributed by atoms with E-state index in [1.54, 1.807) is 0 Å². The molecule has 3 rings (SSSR count). The number of aromatic amines is 1. The van der Waals surface area contributed by atoms with Crippen LogP contribution in [0.5, 0.6) is 0 Å². The number of nitrogens with zero attached hydrogens (tertiary/aromatic N) is 1. The maximum atomic E-state index is 5.77. The highest BCUT2D eigenvalue weighted by atomic mass is 32.2. The lowest BCUT2D eigenvalue weighted by atomic mass is 10.2. The van der Waals surface area contributed by atoms with E-state index >= 15 is 0 Å². The number of nitrogen functional groups attached to an aromatic ring is 1. The van der Waals surface area contributed by atoms with E-state index in [2.05, 4.69) is 41.2 Å². The molecule has 1 heterocycles. The summed E-state index contributed by atoms with van der Waals surface area (Å²) >= 11 is 1.86. The van der Waals surface area contributed by atoms with Crippen molar-refractivity contribution in [3.63, 3.8) is 0 Å². The van der Waals surface area contributed by atoms with Gasteiger partial charge in [-0.1, -0.05) is 17.7 Å². The topological polar surface area (TPSA) is 54.7 Å². The molecule has 0 saturated carbocycles. The summed E-state index contributed by atoms with van der Waals surface area (Å²) < 4.78 is 0. The molecule has 3 N–H and O–H groups in total. The molecular formula is C16H17N3S. The van der Waals surface area contributed by atoms with E-state index in [9.17, 15) is 0 Å². The van der Waals surface area contributed by atoms with Gasteiger partial charge in [0.25, 0.3) is 0 Å². The quantitative estimate of drug-likeness (QED) is 0.566. The number of rotatable bonds is 4. The van der Waals surface area contributed by atoms with E-state index in [0.29, 0.717) is 0 Å². The molecule has 3 aromatic rings. The van der Waals surface area contributed by atoms with Gasteiger partial charge in [0.15, 0.2) is 0 Å². The van der Waals surface area contributed by atoms with Crippen LogP contribution in [0, 0.1) is 6.92 Å². The second-order valence-electron chi connectivity index (χ2n) is 4.88. The number of imidazole rings is 1. The van der Waals surface area contributed by atoms with Crippen LogP contribution in [0.15, 0.2) is 47.4 Å². The Morgan fingerprint density at radius 1 is 1.20 bits per heavy atom. The molecule has 0 atom stereocenters. The van der Waals surface area contributed by atoms with Crippen molar-refractivity contribution in [1.82, 2.24) is 9.97 Å². The molecule has 1 aromatic heterocycles. The third-order valence-electron chi connectivity index (χ3n) is 3.15. The third-order valence-corrected chi connectivity index (χ3v) is 4.15. The standard InChI is InChI=1S/C16H17N3S/c1-11-3-2-4-13(9-11)20-8-7-16-18-14-6-5-12(17)10-15(14)19-16/h2-6,9-10H,7-8,17H2,1H3,(H,18,19).